The Balaban J connectivity index is 0.000000243. The van der Waals surface area contributed by atoms with Crippen LogP contribution in [-0.4, -0.2) is 25.2 Å². The van der Waals surface area contributed by atoms with Gasteiger partial charge >= 0.3 is 6.30 Å². The van der Waals surface area contributed by atoms with Gasteiger partial charge in [-0.25, -0.2) is 0 Å². The highest BCUT2D eigenvalue weighted by Gasteiger charge is 2.30. The molecule has 0 spiro atoms. The van der Waals surface area contributed by atoms with Gasteiger partial charge < -0.3 is 0 Å². The van der Waals surface area contributed by atoms with Crippen molar-refractivity contribution in [1.29, 1.82) is 0 Å². The van der Waals surface area contributed by atoms with E-state index in [1.165, 1.54) is 36.4 Å². The smallest absolute Gasteiger partial charge is 0.282 e. The summed E-state index contributed by atoms with van der Waals surface area (Å²) in [7, 11) is -4.02. The van der Waals surface area contributed by atoms with E-state index in [-0.39, 0.29) is 10.5 Å². The standard InChI is InChI=1S/C8H6F3NO.C7H8O3S/c9-8(10,11)12-7(13)6-4-2-1-3-5-6;1-6-2-4-7(5-3-6)11(8,9)10/h1-5H,(H,12,13);2-5H,1H3,(H,8,9,10). The first-order valence-electron chi connectivity index (χ1n) is 6.47. The molecule has 0 radical (unpaired) electrons. The van der Waals surface area contributed by atoms with Crippen LogP contribution < -0.4 is 5.32 Å². The van der Waals surface area contributed by atoms with Crippen molar-refractivity contribution in [3.05, 3.63) is 65.7 Å². The Morgan fingerprint density at radius 3 is 1.92 bits per heavy atom. The molecule has 2 rings (SSSR count). The van der Waals surface area contributed by atoms with Crippen LogP contribution in [0.25, 0.3) is 0 Å². The first kappa shape index (κ1) is 19.7. The number of amides is 1. The van der Waals surface area contributed by atoms with Crippen molar-refractivity contribution < 1.29 is 30.9 Å². The van der Waals surface area contributed by atoms with Crippen LogP contribution in [0.4, 0.5) is 13.2 Å². The van der Waals surface area contributed by atoms with Crippen LogP contribution in [-0.2, 0) is 10.1 Å². The zero-order valence-electron chi connectivity index (χ0n) is 12.4. The number of halogens is 3. The number of rotatable bonds is 2. The largest absolute Gasteiger partial charge is 0.484 e. The molecule has 9 heteroatoms. The number of nitrogens with one attached hydrogen (secondary N) is 1. The maximum atomic E-state index is 11.7. The molecule has 0 unspecified atom stereocenters. The number of aryl methyl sites for hydroxylation is 1. The molecule has 2 aromatic rings. The SMILES string of the molecule is Cc1ccc(S(=O)(=O)O)cc1.O=C(NC(F)(F)F)c1ccccc1. The summed E-state index contributed by atoms with van der Waals surface area (Å²) in [5, 5.41) is 0.896. The van der Waals surface area contributed by atoms with Crippen molar-refractivity contribution in [3.63, 3.8) is 0 Å². The van der Waals surface area contributed by atoms with Crippen LogP contribution in [0.2, 0.25) is 0 Å². The lowest BCUT2D eigenvalue weighted by atomic mass is 10.2. The molecule has 0 aliphatic heterocycles. The molecule has 1 amide bonds. The molecule has 0 aliphatic carbocycles. The number of carbonyl (C=O) groups is 1. The molecular weight excluding hydrogens is 347 g/mol. The summed E-state index contributed by atoms with van der Waals surface area (Å²) in [6, 6.07) is 13.2. The van der Waals surface area contributed by atoms with Crippen LogP contribution in [0.15, 0.2) is 59.5 Å². The monoisotopic (exact) mass is 361 g/mol. The summed E-state index contributed by atoms with van der Waals surface area (Å²) in [6.07, 6.45) is -4.67. The van der Waals surface area contributed by atoms with Gasteiger partial charge in [0.2, 0.25) is 0 Å². The maximum Gasteiger partial charge on any atom is 0.484 e. The van der Waals surface area contributed by atoms with Gasteiger partial charge in [0.25, 0.3) is 16.0 Å². The highest BCUT2D eigenvalue weighted by atomic mass is 32.2. The van der Waals surface area contributed by atoms with E-state index in [1.807, 2.05) is 6.92 Å². The molecule has 0 aromatic heterocycles. The highest BCUT2D eigenvalue weighted by molar-refractivity contribution is 7.85. The Hall–Kier alpha value is -2.39. The fraction of sp³-hybridized carbons (Fsp3) is 0.133. The summed E-state index contributed by atoms with van der Waals surface area (Å²) in [6.45, 7) is 1.84. The van der Waals surface area contributed by atoms with Crippen LogP contribution in [0.5, 0.6) is 0 Å². The fourth-order valence-corrected chi connectivity index (χ4v) is 1.98. The number of hydrogen-bond donors (Lipinski definition) is 2. The molecule has 0 saturated heterocycles. The summed E-state index contributed by atoms with van der Waals surface area (Å²) >= 11 is 0. The fourth-order valence-electron chi connectivity index (χ4n) is 1.50. The van der Waals surface area contributed by atoms with E-state index < -0.39 is 22.3 Å². The Labute approximate surface area is 136 Å². The highest BCUT2D eigenvalue weighted by Crippen LogP contribution is 2.11. The lowest BCUT2D eigenvalue weighted by Gasteiger charge is -2.07. The minimum Gasteiger partial charge on any atom is -0.282 e. The molecule has 2 N–H and O–H groups in total. The van der Waals surface area contributed by atoms with E-state index in [1.54, 1.807) is 18.2 Å². The van der Waals surface area contributed by atoms with Crippen molar-refractivity contribution in [1.82, 2.24) is 5.32 Å². The minimum atomic E-state index is -4.67. The third kappa shape index (κ3) is 7.25. The van der Waals surface area contributed by atoms with Gasteiger partial charge in [0.05, 0.1) is 4.90 Å². The van der Waals surface area contributed by atoms with Crippen LogP contribution in [0.1, 0.15) is 15.9 Å². The van der Waals surface area contributed by atoms with Crippen LogP contribution in [0, 0.1) is 6.92 Å². The third-order valence-corrected chi connectivity index (χ3v) is 3.48. The summed E-state index contributed by atoms with van der Waals surface area (Å²) < 4.78 is 64.5. The summed E-state index contributed by atoms with van der Waals surface area (Å²) in [5.41, 5.74) is 0.942. The van der Waals surface area contributed by atoms with Crippen molar-refractivity contribution in [2.75, 3.05) is 0 Å². The zero-order valence-corrected chi connectivity index (χ0v) is 13.2. The lowest BCUT2D eigenvalue weighted by molar-refractivity contribution is -0.146. The second kappa shape index (κ2) is 7.93. The molecule has 24 heavy (non-hydrogen) atoms. The van der Waals surface area contributed by atoms with Gasteiger partial charge in [-0.1, -0.05) is 35.9 Å². The Morgan fingerprint density at radius 2 is 1.50 bits per heavy atom. The number of benzene rings is 2. The van der Waals surface area contributed by atoms with E-state index in [0.717, 1.165) is 10.9 Å². The van der Waals surface area contributed by atoms with Crippen molar-refractivity contribution in [2.24, 2.45) is 0 Å². The van der Waals surface area contributed by atoms with Gasteiger partial charge in [-0.2, -0.15) is 21.6 Å². The summed E-state index contributed by atoms with van der Waals surface area (Å²) in [5.74, 6) is -1.15. The molecular formula is C15H14F3NO4S. The topological polar surface area (TPSA) is 83.5 Å². The van der Waals surface area contributed by atoms with Gasteiger partial charge in [-0.05, 0) is 31.2 Å². The van der Waals surface area contributed by atoms with Gasteiger partial charge in [0.15, 0.2) is 0 Å². The van der Waals surface area contributed by atoms with Crippen LogP contribution in [0.3, 0.4) is 0 Å². The average Bonchev–Trinajstić information content (AvgIpc) is 2.46. The third-order valence-electron chi connectivity index (χ3n) is 2.61. The predicted molar refractivity (Wildman–Crippen MR) is 81.0 cm³/mol. The van der Waals surface area contributed by atoms with E-state index >= 15 is 0 Å². The zero-order chi connectivity index (χ0) is 18.4. The molecule has 2 aromatic carbocycles. The second-order valence-electron chi connectivity index (χ2n) is 4.61. The van der Waals surface area contributed by atoms with E-state index in [9.17, 15) is 26.4 Å². The molecule has 0 bridgehead atoms. The molecule has 0 fully saturated rings. The van der Waals surface area contributed by atoms with Gasteiger partial charge in [-0.3, -0.25) is 14.7 Å². The van der Waals surface area contributed by atoms with Gasteiger partial charge in [-0.15, -0.1) is 0 Å². The van der Waals surface area contributed by atoms with E-state index in [2.05, 4.69) is 0 Å². The number of hydrogen-bond acceptors (Lipinski definition) is 3. The molecule has 0 heterocycles. The molecule has 5 nitrogen and oxygen atoms in total. The van der Waals surface area contributed by atoms with Crippen molar-refractivity contribution in [3.8, 4) is 0 Å². The van der Waals surface area contributed by atoms with Gasteiger partial charge in [0.1, 0.15) is 0 Å². The lowest BCUT2D eigenvalue weighted by Crippen LogP contribution is -2.37. The van der Waals surface area contributed by atoms with Crippen molar-refractivity contribution in [2.45, 2.75) is 18.1 Å². The predicted octanol–water partition coefficient (Wildman–Crippen LogP) is 3.18. The Kier molecular flexibility index (Phi) is 6.50. The molecule has 0 saturated carbocycles. The minimum absolute atomic E-state index is 0.0141. The maximum absolute atomic E-state index is 11.7. The van der Waals surface area contributed by atoms with Crippen LogP contribution >= 0.6 is 0 Å². The van der Waals surface area contributed by atoms with Gasteiger partial charge in [0, 0.05) is 5.56 Å². The van der Waals surface area contributed by atoms with E-state index in [4.69, 9.17) is 4.55 Å². The molecule has 0 aliphatic rings. The summed E-state index contributed by atoms with van der Waals surface area (Å²) in [4.78, 5) is 10.8. The van der Waals surface area contributed by atoms with E-state index in [0.29, 0.717) is 0 Å². The normalized spacial score (nSPS) is 11.2. The molecule has 0 atom stereocenters. The number of alkyl halides is 3. The second-order valence-corrected chi connectivity index (χ2v) is 6.03. The number of carbonyl (C=O) groups excluding carboxylic acids is 1. The first-order valence-corrected chi connectivity index (χ1v) is 7.91. The first-order chi connectivity index (χ1) is 11.0. The Morgan fingerprint density at radius 1 is 1.00 bits per heavy atom. The van der Waals surface area contributed by atoms with Crippen molar-refractivity contribution >= 4 is 16.0 Å². The molecule has 130 valence electrons. The Bertz CT molecular complexity index is 773. The average molecular weight is 361 g/mol. The quantitative estimate of drug-likeness (QED) is 0.636.